The van der Waals surface area contributed by atoms with Crippen LogP contribution in [-0.4, -0.2) is 24.2 Å². The van der Waals surface area contributed by atoms with Gasteiger partial charge in [-0.3, -0.25) is 0 Å². The first-order chi connectivity index (χ1) is 8.71. The molecule has 0 spiro atoms. The summed E-state index contributed by atoms with van der Waals surface area (Å²) in [5.41, 5.74) is 1.19. The number of benzene rings is 1. The van der Waals surface area contributed by atoms with E-state index in [0.717, 1.165) is 0 Å². The standard InChI is InChI=1S/C15H21NO3/c1-14(2)13(15(14,3)4)16-11-8-9(19-5)6-7-10(11)12(17)18/h6-8,13,16H,1-5H3,(H,17,18). The van der Waals surface area contributed by atoms with E-state index in [1.807, 2.05) is 0 Å². The van der Waals surface area contributed by atoms with Crippen LogP contribution in [0.25, 0.3) is 0 Å². The minimum atomic E-state index is -0.929. The van der Waals surface area contributed by atoms with Gasteiger partial charge in [-0.15, -0.1) is 0 Å². The molecule has 19 heavy (non-hydrogen) atoms. The lowest BCUT2D eigenvalue weighted by Crippen LogP contribution is -2.13. The van der Waals surface area contributed by atoms with E-state index in [4.69, 9.17) is 4.74 Å². The second-order valence-corrected chi connectivity index (χ2v) is 6.24. The monoisotopic (exact) mass is 263 g/mol. The normalized spacial score (nSPS) is 19.8. The van der Waals surface area contributed by atoms with Crippen molar-refractivity contribution in [3.8, 4) is 5.75 Å². The van der Waals surface area contributed by atoms with Gasteiger partial charge >= 0.3 is 5.97 Å². The molecule has 0 unspecified atom stereocenters. The molecular formula is C15H21NO3. The van der Waals surface area contributed by atoms with Crippen molar-refractivity contribution < 1.29 is 14.6 Å². The summed E-state index contributed by atoms with van der Waals surface area (Å²) < 4.78 is 5.16. The Labute approximate surface area is 113 Å². The minimum absolute atomic E-state index is 0.145. The van der Waals surface area contributed by atoms with Crippen molar-refractivity contribution in [3.63, 3.8) is 0 Å². The predicted octanol–water partition coefficient (Wildman–Crippen LogP) is 3.24. The van der Waals surface area contributed by atoms with Crippen molar-refractivity contribution in [2.24, 2.45) is 10.8 Å². The number of ether oxygens (including phenoxy) is 1. The molecule has 0 saturated heterocycles. The number of carbonyl (C=O) groups is 1. The summed E-state index contributed by atoms with van der Waals surface area (Å²) in [4.78, 5) is 11.3. The van der Waals surface area contributed by atoms with Crippen LogP contribution >= 0.6 is 0 Å². The number of hydrogen-bond acceptors (Lipinski definition) is 3. The summed E-state index contributed by atoms with van der Waals surface area (Å²) in [5, 5.41) is 12.6. The molecule has 1 aromatic carbocycles. The molecule has 1 aromatic rings. The zero-order chi connectivity index (χ0) is 14.4. The van der Waals surface area contributed by atoms with Crippen molar-refractivity contribution in [3.05, 3.63) is 23.8 Å². The Morgan fingerprint density at radius 1 is 1.26 bits per heavy atom. The largest absolute Gasteiger partial charge is 0.497 e. The third kappa shape index (κ3) is 2.05. The van der Waals surface area contributed by atoms with Crippen LogP contribution in [0, 0.1) is 10.8 Å². The summed E-state index contributed by atoms with van der Waals surface area (Å²) in [6.07, 6.45) is 0. The maximum Gasteiger partial charge on any atom is 0.337 e. The van der Waals surface area contributed by atoms with Crippen LogP contribution in [-0.2, 0) is 0 Å². The van der Waals surface area contributed by atoms with Crippen LogP contribution < -0.4 is 10.1 Å². The first-order valence-corrected chi connectivity index (χ1v) is 6.39. The number of methoxy groups -OCH3 is 1. The molecule has 0 radical (unpaired) electrons. The van der Waals surface area contributed by atoms with E-state index in [0.29, 0.717) is 11.4 Å². The molecular weight excluding hydrogens is 242 g/mol. The first kappa shape index (κ1) is 13.7. The number of carboxylic acid groups (broad SMARTS) is 1. The van der Waals surface area contributed by atoms with Gasteiger partial charge in [-0.05, 0) is 23.0 Å². The van der Waals surface area contributed by atoms with E-state index in [1.54, 1.807) is 25.3 Å². The molecule has 0 aliphatic heterocycles. The molecule has 4 nitrogen and oxygen atoms in total. The van der Waals surface area contributed by atoms with Crippen LogP contribution in [0.15, 0.2) is 18.2 Å². The summed E-state index contributed by atoms with van der Waals surface area (Å²) in [5.74, 6) is -0.273. The van der Waals surface area contributed by atoms with Gasteiger partial charge in [0.05, 0.1) is 18.4 Å². The zero-order valence-corrected chi connectivity index (χ0v) is 12.1. The van der Waals surface area contributed by atoms with Gasteiger partial charge in [0.25, 0.3) is 0 Å². The minimum Gasteiger partial charge on any atom is -0.497 e. The molecule has 1 aliphatic carbocycles. The molecule has 2 rings (SSSR count). The van der Waals surface area contributed by atoms with E-state index >= 15 is 0 Å². The van der Waals surface area contributed by atoms with Crippen molar-refractivity contribution in [2.45, 2.75) is 33.7 Å². The van der Waals surface area contributed by atoms with Gasteiger partial charge in [0.1, 0.15) is 5.75 Å². The van der Waals surface area contributed by atoms with Gasteiger partial charge in [0, 0.05) is 12.1 Å². The van der Waals surface area contributed by atoms with E-state index in [-0.39, 0.29) is 22.4 Å². The lowest BCUT2D eigenvalue weighted by molar-refractivity contribution is 0.0698. The number of anilines is 1. The molecule has 1 saturated carbocycles. The van der Waals surface area contributed by atoms with Gasteiger partial charge in [0.15, 0.2) is 0 Å². The van der Waals surface area contributed by atoms with Gasteiger partial charge in [-0.25, -0.2) is 4.79 Å². The second-order valence-electron chi connectivity index (χ2n) is 6.24. The number of hydrogen-bond donors (Lipinski definition) is 2. The highest BCUT2D eigenvalue weighted by Gasteiger charge is 2.65. The molecule has 0 heterocycles. The highest BCUT2D eigenvalue weighted by Crippen LogP contribution is 2.63. The molecule has 2 N–H and O–H groups in total. The molecule has 1 aliphatic rings. The number of aromatic carboxylic acids is 1. The molecule has 1 fully saturated rings. The molecule has 4 heteroatoms. The van der Waals surface area contributed by atoms with Crippen molar-refractivity contribution >= 4 is 11.7 Å². The summed E-state index contributed by atoms with van der Waals surface area (Å²) in [6, 6.07) is 5.24. The molecule has 0 amide bonds. The van der Waals surface area contributed by atoms with Crippen LogP contribution in [0.5, 0.6) is 5.75 Å². The van der Waals surface area contributed by atoms with Gasteiger partial charge in [-0.1, -0.05) is 27.7 Å². The Morgan fingerprint density at radius 3 is 2.26 bits per heavy atom. The van der Waals surface area contributed by atoms with Gasteiger partial charge in [-0.2, -0.15) is 0 Å². The molecule has 0 atom stereocenters. The number of nitrogens with one attached hydrogen (secondary N) is 1. The third-order valence-electron chi connectivity index (χ3n) is 4.78. The fraction of sp³-hybridized carbons (Fsp3) is 0.533. The van der Waals surface area contributed by atoms with Gasteiger partial charge < -0.3 is 15.2 Å². The SMILES string of the molecule is COc1ccc(C(=O)O)c(NC2C(C)(C)C2(C)C)c1. The Bertz CT molecular complexity index is 506. The first-order valence-electron chi connectivity index (χ1n) is 6.39. The van der Waals surface area contributed by atoms with E-state index in [9.17, 15) is 9.90 Å². The smallest absolute Gasteiger partial charge is 0.337 e. The van der Waals surface area contributed by atoms with E-state index in [1.165, 1.54) is 0 Å². The van der Waals surface area contributed by atoms with Crippen LogP contribution in [0.3, 0.4) is 0 Å². The Kier molecular flexibility index (Phi) is 3.00. The maximum atomic E-state index is 11.3. The van der Waals surface area contributed by atoms with E-state index < -0.39 is 5.97 Å². The average Bonchev–Trinajstić information content (AvgIpc) is 2.71. The van der Waals surface area contributed by atoms with Crippen LogP contribution in [0.2, 0.25) is 0 Å². The van der Waals surface area contributed by atoms with E-state index in [2.05, 4.69) is 33.0 Å². The Balaban J connectivity index is 2.32. The van der Waals surface area contributed by atoms with Crippen molar-refractivity contribution in [2.75, 3.05) is 12.4 Å². The lowest BCUT2D eigenvalue weighted by atomic mass is 10.0. The zero-order valence-electron chi connectivity index (χ0n) is 12.1. The van der Waals surface area contributed by atoms with Crippen molar-refractivity contribution in [1.82, 2.24) is 0 Å². The van der Waals surface area contributed by atoms with Gasteiger partial charge in [0.2, 0.25) is 0 Å². The molecule has 0 aromatic heterocycles. The Hall–Kier alpha value is -1.71. The van der Waals surface area contributed by atoms with Crippen LogP contribution in [0.1, 0.15) is 38.1 Å². The summed E-state index contributed by atoms with van der Waals surface area (Å²) in [7, 11) is 1.57. The lowest BCUT2D eigenvalue weighted by Gasteiger charge is -2.13. The molecule has 104 valence electrons. The topological polar surface area (TPSA) is 58.6 Å². The second kappa shape index (κ2) is 4.15. The quantitative estimate of drug-likeness (QED) is 0.875. The highest BCUT2D eigenvalue weighted by molar-refractivity contribution is 5.94. The third-order valence-corrected chi connectivity index (χ3v) is 4.78. The Morgan fingerprint density at radius 2 is 1.84 bits per heavy atom. The number of rotatable bonds is 4. The van der Waals surface area contributed by atoms with Crippen molar-refractivity contribution in [1.29, 1.82) is 0 Å². The van der Waals surface area contributed by atoms with Crippen LogP contribution in [0.4, 0.5) is 5.69 Å². The average molecular weight is 263 g/mol. The fourth-order valence-electron chi connectivity index (χ4n) is 2.67. The maximum absolute atomic E-state index is 11.3. The number of carboxylic acids is 1. The summed E-state index contributed by atoms with van der Waals surface area (Å²) >= 11 is 0. The summed E-state index contributed by atoms with van der Waals surface area (Å²) in [6.45, 7) is 8.74. The fourth-order valence-corrected chi connectivity index (χ4v) is 2.67. The predicted molar refractivity (Wildman–Crippen MR) is 74.9 cm³/mol. The highest BCUT2D eigenvalue weighted by atomic mass is 16.5. The molecule has 0 bridgehead atoms.